The minimum absolute atomic E-state index is 0.0756. The number of rotatable bonds is 7. The number of nitrogens with one attached hydrogen (secondary N) is 1. The van der Waals surface area contributed by atoms with E-state index in [0.717, 1.165) is 0 Å². The van der Waals surface area contributed by atoms with Crippen LogP contribution in [0.2, 0.25) is 0 Å². The van der Waals surface area contributed by atoms with E-state index in [1.807, 2.05) is 0 Å². The number of hydrogen-bond donors (Lipinski definition) is 2. The molecule has 0 radical (unpaired) electrons. The van der Waals surface area contributed by atoms with Crippen LogP contribution in [-0.4, -0.2) is 32.9 Å². The van der Waals surface area contributed by atoms with Gasteiger partial charge in [-0.15, -0.1) is 0 Å². The van der Waals surface area contributed by atoms with E-state index in [1.54, 1.807) is 25.1 Å². The van der Waals surface area contributed by atoms with Crippen molar-refractivity contribution in [1.82, 2.24) is 0 Å². The van der Waals surface area contributed by atoms with Crippen molar-refractivity contribution in [2.24, 2.45) is 0 Å². The smallest absolute Gasteiger partial charge is 0.225 e. The van der Waals surface area contributed by atoms with Crippen molar-refractivity contribution in [3.63, 3.8) is 0 Å². The lowest BCUT2D eigenvalue weighted by atomic mass is 10.2. The minimum atomic E-state index is -3.15. The maximum atomic E-state index is 11.7. The number of carbonyl (C=O) groups is 1. The van der Waals surface area contributed by atoms with Gasteiger partial charge in [0.05, 0.1) is 24.2 Å². The van der Waals surface area contributed by atoms with Crippen LogP contribution in [0.1, 0.15) is 19.8 Å². The maximum Gasteiger partial charge on any atom is 0.225 e. The number of methoxy groups -OCH3 is 1. The van der Waals surface area contributed by atoms with E-state index >= 15 is 0 Å². The van der Waals surface area contributed by atoms with Crippen LogP contribution in [-0.2, 0) is 14.6 Å². The van der Waals surface area contributed by atoms with Gasteiger partial charge in [-0.3, -0.25) is 4.79 Å². The summed E-state index contributed by atoms with van der Waals surface area (Å²) in [4.78, 5) is 11.7. The molecule has 6 nitrogen and oxygen atoms in total. The van der Waals surface area contributed by atoms with Gasteiger partial charge in [0.15, 0.2) is 9.84 Å². The van der Waals surface area contributed by atoms with Crippen molar-refractivity contribution < 1.29 is 17.9 Å². The van der Waals surface area contributed by atoms with Crippen molar-refractivity contribution in [2.45, 2.75) is 19.8 Å². The first kappa shape index (κ1) is 16.3. The second-order valence-corrected chi connectivity index (χ2v) is 6.71. The Morgan fingerprint density at radius 1 is 1.35 bits per heavy atom. The Balaban J connectivity index is 2.59. The highest BCUT2D eigenvalue weighted by molar-refractivity contribution is 7.91. The largest absolute Gasteiger partial charge is 0.497 e. The van der Waals surface area contributed by atoms with Gasteiger partial charge in [-0.05, 0) is 18.6 Å². The van der Waals surface area contributed by atoms with Gasteiger partial charge in [0, 0.05) is 18.2 Å². The number of nitrogen functional groups attached to an aromatic ring is 1. The predicted molar refractivity (Wildman–Crippen MR) is 79.6 cm³/mol. The van der Waals surface area contributed by atoms with Crippen LogP contribution in [0.25, 0.3) is 0 Å². The molecule has 0 unspecified atom stereocenters. The number of amides is 1. The van der Waals surface area contributed by atoms with E-state index in [0.29, 0.717) is 23.5 Å². The maximum absolute atomic E-state index is 11.7. The van der Waals surface area contributed by atoms with Crippen molar-refractivity contribution in [3.8, 4) is 5.75 Å². The lowest BCUT2D eigenvalue weighted by Gasteiger charge is -2.09. The molecule has 3 N–H and O–H groups in total. The lowest BCUT2D eigenvalue weighted by Crippen LogP contribution is -2.19. The first-order chi connectivity index (χ1) is 9.38. The molecule has 0 spiro atoms. The highest BCUT2D eigenvalue weighted by Gasteiger charge is 2.13. The number of hydrogen-bond acceptors (Lipinski definition) is 5. The average Bonchev–Trinajstić information content (AvgIpc) is 2.39. The highest BCUT2D eigenvalue weighted by Crippen LogP contribution is 2.24. The lowest BCUT2D eigenvalue weighted by molar-refractivity contribution is -0.115. The Morgan fingerprint density at radius 3 is 2.60 bits per heavy atom. The molecule has 1 aromatic rings. The van der Waals surface area contributed by atoms with Crippen LogP contribution in [0, 0.1) is 0 Å². The summed E-state index contributed by atoms with van der Waals surface area (Å²) in [6.07, 6.45) is 0.475. The second-order valence-electron chi connectivity index (χ2n) is 4.40. The molecule has 0 fully saturated rings. The zero-order valence-corrected chi connectivity index (χ0v) is 12.5. The van der Waals surface area contributed by atoms with Crippen LogP contribution in [0.15, 0.2) is 18.2 Å². The fraction of sp³-hybridized carbons (Fsp3) is 0.462. The number of sulfone groups is 1. The predicted octanol–water partition coefficient (Wildman–Crippen LogP) is 1.43. The Hall–Kier alpha value is -1.76. The number of benzene rings is 1. The van der Waals surface area contributed by atoms with E-state index in [1.165, 1.54) is 7.11 Å². The molecule has 1 rings (SSSR count). The molecule has 0 aliphatic carbocycles. The van der Waals surface area contributed by atoms with Gasteiger partial charge in [0.1, 0.15) is 5.75 Å². The Kier molecular flexibility index (Phi) is 5.82. The van der Waals surface area contributed by atoms with E-state index in [2.05, 4.69) is 5.32 Å². The van der Waals surface area contributed by atoms with Crippen molar-refractivity contribution in [1.29, 1.82) is 0 Å². The third-order valence-electron chi connectivity index (χ3n) is 2.69. The zero-order chi connectivity index (χ0) is 15.2. The third-order valence-corrected chi connectivity index (χ3v) is 4.54. The first-order valence-corrected chi connectivity index (χ1v) is 8.14. The first-order valence-electron chi connectivity index (χ1n) is 6.31. The molecule has 1 amide bonds. The monoisotopic (exact) mass is 300 g/mol. The van der Waals surface area contributed by atoms with Gasteiger partial charge < -0.3 is 15.8 Å². The molecule has 0 aromatic heterocycles. The molecule has 0 aliphatic heterocycles. The third kappa shape index (κ3) is 5.08. The molecule has 0 bridgehead atoms. The van der Waals surface area contributed by atoms with E-state index in [4.69, 9.17) is 10.5 Å². The summed E-state index contributed by atoms with van der Waals surface area (Å²) in [5, 5.41) is 2.59. The Bertz CT molecular complexity index is 570. The molecule has 0 saturated heterocycles. The standard InChI is InChI=1S/C13H20N2O4S/c1-3-7-20(17,18)8-6-13(16)15-12-5-4-10(19-2)9-11(12)14/h4-5,9H,3,6-8,14H2,1-2H3,(H,15,16). The molecule has 0 atom stereocenters. The molecule has 7 heteroatoms. The molecular formula is C13H20N2O4S. The SMILES string of the molecule is CCCS(=O)(=O)CCC(=O)Nc1ccc(OC)cc1N. The average molecular weight is 300 g/mol. The molecule has 0 saturated carbocycles. The second kappa shape index (κ2) is 7.14. The van der Waals surface area contributed by atoms with E-state index < -0.39 is 9.84 Å². The number of anilines is 2. The molecule has 0 aliphatic rings. The summed E-state index contributed by atoms with van der Waals surface area (Å²) < 4.78 is 28.0. The van der Waals surface area contributed by atoms with Gasteiger partial charge in [0.2, 0.25) is 5.91 Å². The molecular weight excluding hydrogens is 280 g/mol. The van der Waals surface area contributed by atoms with Crippen molar-refractivity contribution in [2.75, 3.05) is 29.7 Å². The fourth-order valence-corrected chi connectivity index (χ4v) is 2.98. The van der Waals surface area contributed by atoms with Gasteiger partial charge in [0.25, 0.3) is 0 Å². The number of ether oxygens (including phenoxy) is 1. The van der Waals surface area contributed by atoms with E-state index in [9.17, 15) is 13.2 Å². The topological polar surface area (TPSA) is 98.5 Å². The Labute approximate surface area is 119 Å². The van der Waals surface area contributed by atoms with Crippen LogP contribution >= 0.6 is 0 Å². The zero-order valence-electron chi connectivity index (χ0n) is 11.7. The van der Waals surface area contributed by atoms with Crippen molar-refractivity contribution >= 4 is 27.1 Å². The van der Waals surface area contributed by atoms with E-state index in [-0.39, 0.29) is 23.8 Å². The van der Waals surface area contributed by atoms with Crippen LogP contribution in [0.4, 0.5) is 11.4 Å². The molecule has 20 heavy (non-hydrogen) atoms. The van der Waals surface area contributed by atoms with Crippen LogP contribution in [0.3, 0.4) is 0 Å². The molecule has 0 heterocycles. The van der Waals surface area contributed by atoms with Crippen LogP contribution < -0.4 is 15.8 Å². The van der Waals surface area contributed by atoms with Gasteiger partial charge >= 0.3 is 0 Å². The Morgan fingerprint density at radius 2 is 2.05 bits per heavy atom. The fourth-order valence-electron chi connectivity index (χ4n) is 1.66. The quantitative estimate of drug-likeness (QED) is 0.742. The summed E-state index contributed by atoms with van der Waals surface area (Å²) in [5.41, 5.74) is 6.58. The number of nitrogens with two attached hydrogens (primary N) is 1. The summed E-state index contributed by atoms with van der Waals surface area (Å²) in [6, 6.07) is 4.87. The molecule has 112 valence electrons. The normalized spacial score (nSPS) is 11.1. The van der Waals surface area contributed by atoms with Gasteiger partial charge in [-0.1, -0.05) is 6.92 Å². The van der Waals surface area contributed by atoms with Crippen LogP contribution in [0.5, 0.6) is 5.75 Å². The van der Waals surface area contributed by atoms with Crippen molar-refractivity contribution in [3.05, 3.63) is 18.2 Å². The summed E-state index contributed by atoms with van der Waals surface area (Å²) in [5.74, 6) is 0.167. The molecule has 1 aromatic carbocycles. The summed E-state index contributed by atoms with van der Waals surface area (Å²) in [7, 11) is -1.63. The number of carbonyl (C=O) groups excluding carboxylic acids is 1. The van der Waals surface area contributed by atoms with Gasteiger partial charge in [-0.2, -0.15) is 0 Å². The van der Waals surface area contributed by atoms with Gasteiger partial charge in [-0.25, -0.2) is 8.42 Å². The summed E-state index contributed by atoms with van der Waals surface area (Å²) >= 11 is 0. The summed E-state index contributed by atoms with van der Waals surface area (Å²) in [6.45, 7) is 1.79. The minimum Gasteiger partial charge on any atom is -0.497 e. The highest BCUT2D eigenvalue weighted by atomic mass is 32.2.